The Hall–Kier alpha value is -0.770. The molecule has 1 aliphatic rings. The summed E-state index contributed by atoms with van der Waals surface area (Å²) in [5.74, 6) is 1.26. The van der Waals surface area contributed by atoms with Crippen molar-refractivity contribution in [3.63, 3.8) is 0 Å². The van der Waals surface area contributed by atoms with Crippen LogP contribution in [0.3, 0.4) is 0 Å². The first-order valence-electron chi connectivity index (χ1n) is 5.37. The van der Waals surface area contributed by atoms with Gasteiger partial charge in [0, 0.05) is 19.6 Å². The van der Waals surface area contributed by atoms with E-state index in [0.717, 1.165) is 32.0 Å². The maximum absolute atomic E-state index is 8.28. The Balaban J connectivity index is 1.74. The van der Waals surface area contributed by atoms with Gasteiger partial charge in [0.2, 0.25) is 0 Å². The molecule has 1 saturated carbocycles. The van der Waals surface area contributed by atoms with Gasteiger partial charge in [-0.25, -0.2) is 0 Å². The Morgan fingerprint density at radius 3 is 2.79 bits per heavy atom. The Bertz CT molecular complexity index is 179. The smallest absolute Gasteiger partial charge is 0.139 e. The molecule has 1 rings (SSSR count). The van der Waals surface area contributed by atoms with E-state index in [9.17, 15) is 0 Å². The summed E-state index contributed by atoms with van der Waals surface area (Å²) in [5, 5.41) is 11.2. The fourth-order valence-electron chi connectivity index (χ4n) is 1.32. The van der Waals surface area contributed by atoms with Gasteiger partial charge in [-0.05, 0) is 25.2 Å². The Morgan fingerprint density at radius 1 is 1.36 bits per heavy atom. The molecule has 0 amide bonds. The molecular formula is C10H20N2O2. The fourth-order valence-corrected chi connectivity index (χ4v) is 1.32. The van der Waals surface area contributed by atoms with Crippen molar-refractivity contribution in [3.05, 3.63) is 0 Å². The van der Waals surface area contributed by atoms with Crippen LogP contribution in [0.5, 0.6) is 0 Å². The van der Waals surface area contributed by atoms with Gasteiger partial charge in [0.15, 0.2) is 0 Å². The second-order valence-electron chi connectivity index (χ2n) is 3.89. The van der Waals surface area contributed by atoms with E-state index >= 15 is 0 Å². The van der Waals surface area contributed by atoms with Gasteiger partial charge < -0.3 is 15.7 Å². The number of nitrogens with zero attached hydrogens (tertiary/aromatic N) is 1. The largest absolute Gasteiger partial charge is 0.409 e. The molecule has 0 bridgehead atoms. The van der Waals surface area contributed by atoms with Crippen LogP contribution >= 0.6 is 0 Å². The summed E-state index contributed by atoms with van der Waals surface area (Å²) < 4.78 is 5.46. The Morgan fingerprint density at radius 2 is 2.14 bits per heavy atom. The highest BCUT2D eigenvalue weighted by molar-refractivity contribution is 5.79. The second-order valence-corrected chi connectivity index (χ2v) is 3.89. The molecule has 0 aromatic carbocycles. The number of rotatable bonds is 8. The van der Waals surface area contributed by atoms with Crippen LogP contribution in [0.25, 0.3) is 0 Å². The van der Waals surface area contributed by atoms with Gasteiger partial charge in [0.25, 0.3) is 0 Å². The van der Waals surface area contributed by atoms with Crippen LogP contribution in [-0.4, -0.2) is 24.3 Å². The summed E-state index contributed by atoms with van der Waals surface area (Å²) in [7, 11) is 0. The SMILES string of the molecule is NC(CCCCOCCC1CC1)=NO. The van der Waals surface area contributed by atoms with E-state index in [4.69, 9.17) is 15.7 Å². The van der Waals surface area contributed by atoms with Crippen LogP contribution in [0, 0.1) is 5.92 Å². The standard InChI is InChI=1S/C10H20N2O2/c11-10(12-13)3-1-2-7-14-8-6-9-4-5-9/h9,13H,1-8H2,(H2,11,12). The maximum atomic E-state index is 8.28. The van der Waals surface area contributed by atoms with Gasteiger partial charge in [0.1, 0.15) is 5.84 Å². The van der Waals surface area contributed by atoms with Crippen molar-refractivity contribution >= 4 is 5.84 Å². The van der Waals surface area contributed by atoms with E-state index in [-0.39, 0.29) is 0 Å². The lowest BCUT2D eigenvalue weighted by Crippen LogP contribution is -2.11. The topological polar surface area (TPSA) is 67.8 Å². The zero-order valence-corrected chi connectivity index (χ0v) is 8.61. The molecule has 3 N–H and O–H groups in total. The molecule has 1 aliphatic carbocycles. The van der Waals surface area contributed by atoms with Crippen molar-refractivity contribution in [2.24, 2.45) is 16.8 Å². The predicted octanol–water partition coefficient (Wildman–Crippen LogP) is 1.72. The number of nitrogens with two attached hydrogens (primary N) is 1. The Labute approximate surface area is 85.1 Å². The number of amidine groups is 1. The van der Waals surface area contributed by atoms with Crippen molar-refractivity contribution < 1.29 is 9.94 Å². The number of unbranched alkanes of at least 4 members (excludes halogenated alkanes) is 1. The first-order valence-corrected chi connectivity index (χ1v) is 5.37. The molecule has 0 aromatic rings. The first-order chi connectivity index (χ1) is 6.83. The van der Waals surface area contributed by atoms with Crippen LogP contribution in [0.15, 0.2) is 5.16 Å². The summed E-state index contributed by atoms with van der Waals surface area (Å²) in [6, 6.07) is 0. The summed E-state index contributed by atoms with van der Waals surface area (Å²) in [6.45, 7) is 1.69. The Kier molecular flexibility index (Phi) is 5.37. The van der Waals surface area contributed by atoms with E-state index in [2.05, 4.69) is 5.16 Å². The van der Waals surface area contributed by atoms with E-state index in [1.807, 2.05) is 0 Å². The summed E-state index contributed by atoms with van der Waals surface area (Å²) >= 11 is 0. The van der Waals surface area contributed by atoms with Crippen LogP contribution in [0.4, 0.5) is 0 Å². The van der Waals surface area contributed by atoms with Gasteiger partial charge in [-0.2, -0.15) is 0 Å². The van der Waals surface area contributed by atoms with Crippen molar-refractivity contribution in [1.29, 1.82) is 0 Å². The second kappa shape index (κ2) is 6.65. The third-order valence-corrected chi connectivity index (χ3v) is 2.47. The molecule has 0 aliphatic heterocycles. The molecule has 0 spiro atoms. The molecule has 0 atom stereocenters. The van der Waals surface area contributed by atoms with Crippen molar-refractivity contribution in [3.8, 4) is 0 Å². The third-order valence-electron chi connectivity index (χ3n) is 2.47. The van der Waals surface area contributed by atoms with E-state index in [1.165, 1.54) is 19.3 Å². The average molecular weight is 200 g/mol. The number of ether oxygens (including phenoxy) is 1. The molecule has 0 heterocycles. The van der Waals surface area contributed by atoms with Crippen molar-refractivity contribution in [2.75, 3.05) is 13.2 Å². The van der Waals surface area contributed by atoms with Crippen LogP contribution in [-0.2, 0) is 4.74 Å². The molecule has 0 radical (unpaired) electrons. The molecule has 0 unspecified atom stereocenters. The molecule has 0 aromatic heterocycles. The summed E-state index contributed by atoms with van der Waals surface area (Å²) in [4.78, 5) is 0. The number of hydrogen-bond donors (Lipinski definition) is 2. The van der Waals surface area contributed by atoms with Gasteiger partial charge in [-0.3, -0.25) is 0 Å². The van der Waals surface area contributed by atoms with Crippen LogP contribution in [0.2, 0.25) is 0 Å². The highest BCUT2D eigenvalue weighted by atomic mass is 16.5. The van der Waals surface area contributed by atoms with E-state index in [1.54, 1.807) is 0 Å². The maximum Gasteiger partial charge on any atom is 0.139 e. The summed E-state index contributed by atoms with van der Waals surface area (Å²) in [5.41, 5.74) is 5.32. The van der Waals surface area contributed by atoms with Gasteiger partial charge >= 0.3 is 0 Å². The highest BCUT2D eigenvalue weighted by Gasteiger charge is 2.20. The highest BCUT2D eigenvalue weighted by Crippen LogP contribution is 2.32. The molecule has 4 nitrogen and oxygen atoms in total. The predicted molar refractivity (Wildman–Crippen MR) is 55.4 cm³/mol. The normalized spacial score (nSPS) is 17.3. The minimum Gasteiger partial charge on any atom is -0.409 e. The average Bonchev–Trinajstić information content (AvgIpc) is 2.99. The van der Waals surface area contributed by atoms with Gasteiger partial charge in [0.05, 0.1) is 0 Å². The molecule has 82 valence electrons. The minimum absolute atomic E-state index is 0.308. The van der Waals surface area contributed by atoms with Crippen molar-refractivity contribution in [1.82, 2.24) is 0 Å². The molecular weight excluding hydrogens is 180 g/mol. The monoisotopic (exact) mass is 200 g/mol. The van der Waals surface area contributed by atoms with Crippen LogP contribution in [0.1, 0.15) is 38.5 Å². The lowest BCUT2D eigenvalue weighted by molar-refractivity contribution is 0.125. The fraction of sp³-hybridized carbons (Fsp3) is 0.900. The zero-order chi connectivity index (χ0) is 10.2. The van der Waals surface area contributed by atoms with E-state index in [0.29, 0.717) is 12.3 Å². The van der Waals surface area contributed by atoms with Crippen molar-refractivity contribution in [2.45, 2.75) is 38.5 Å². The minimum atomic E-state index is 0.308. The molecule has 4 heteroatoms. The number of oxime groups is 1. The number of hydrogen-bond acceptors (Lipinski definition) is 3. The van der Waals surface area contributed by atoms with Crippen LogP contribution < -0.4 is 5.73 Å². The molecule has 0 saturated heterocycles. The van der Waals surface area contributed by atoms with Gasteiger partial charge in [-0.1, -0.05) is 18.0 Å². The summed E-state index contributed by atoms with van der Waals surface area (Å²) in [6.07, 6.45) is 6.59. The first kappa shape index (κ1) is 11.3. The lowest BCUT2D eigenvalue weighted by atomic mass is 10.2. The molecule has 14 heavy (non-hydrogen) atoms. The zero-order valence-electron chi connectivity index (χ0n) is 8.61. The van der Waals surface area contributed by atoms with Gasteiger partial charge in [-0.15, -0.1) is 0 Å². The quantitative estimate of drug-likeness (QED) is 0.206. The molecule has 1 fully saturated rings. The van der Waals surface area contributed by atoms with E-state index < -0.39 is 0 Å². The third kappa shape index (κ3) is 5.80. The lowest BCUT2D eigenvalue weighted by Gasteiger charge is -2.02.